The highest BCUT2D eigenvalue weighted by Gasteiger charge is 2.17. The van der Waals surface area contributed by atoms with Crippen molar-refractivity contribution in [1.29, 1.82) is 0 Å². The molecule has 3 N–H and O–H groups in total. The summed E-state index contributed by atoms with van der Waals surface area (Å²) in [4.78, 5) is 19.8. The number of anilines is 1. The lowest BCUT2D eigenvalue weighted by atomic mass is 9.92. The van der Waals surface area contributed by atoms with E-state index in [0.717, 1.165) is 36.2 Å². The lowest BCUT2D eigenvalue weighted by Crippen LogP contribution is -2.13. The van der Waals surface area contributed by atoms with Gasteiger partial charge in [-0.15, -0.1) is 0 Å². The van der Waals surface area contributed by atoms with E-state index in [9.17, 15) is 4.79 Å². The van der Waals surface area contributed by atoms with Crippen molar-refractivity contribution >= 4 is 23.2 Å². The van der Waals surface area contributed by atoms with Crippen molar-refractivity contribution < 1.29 is 9.90 Å². The second kappa shape index (κ2) is 7.08. The van der Waals surface area contributed by atoms with Crippen molar-refractivity contribution in [2.24, 2.45) is 4.99 Å². The molecule has 5 heteroatoms. The molecule has 0 saturated heterocycles. The highest BCUT2D eigenvalue weighted by Crippen LogP contribution is 2.26. The van der Waals surface area contributed by atoms with Crippen LogP contribution in [0.2, 0.25) is 0 Å². The predicted molar refractivity (Wildman–Crippen MR) is 94.8 cm³/mol. The minimum atomic E-state index is -1.09. The number of benzene rings is 1. The van der Waals surface area contributed by atoms with Gasteiger partial charge >= 0.3 is 5.97 Å². The van der Waals surface area contributed by atoms with E-state index in [4.69, 9.17) is 15.8 Å². The number of rotatable bonds is 4. The Morgan fingerprint density at radius 1 is 1.12 bits per heavy atom. The molecule has 1 aliphatic rings. The van der Waals surface area contributed by atoms with E-state index in [0.29, 0.717) is 5.56 Å². The van der Waals surface area contributed by atoms with Crippen LogP contribution in [0.15, 0.2) is 59.1 Å². The molecule has 1 aromatic heterocycles. The second-order valence-electron chi connectivity index (χ2n) is 5.71. The Morgan fingerprint density at radius 3 is 2.54 bits per heavy atom. The Bertz CT molecular complexity index is 811. The SMILES string of the molecule is Nc1nc(C(=O)O)ccc1C(=Nc1ccccc1)C1=CCCCC1. The summed E-state index contributed by atoms with van der Waals surface area (Å²) in [5, 5.41) is 9.06. The number of carboxylic acids is 1. The molecule has 3 rings (SSSR count). The summed E-state index contributed by atoms with van der Waals surface area (Å²) in [6.07, 6.45) is 6.43. The zero-order valence-electron chi connectivity index (χ0n) is 13.3. The zero-order chi connectivity index (χ0) is 16.9. The van der Waals surface area contributed by atoms with Gasteiger partial charge in [0, 0.05) is 5.56 Å². The van der Waals surface area contributed by atoms with Crippen LogP contribution in [0.1, 0.15) is 41.7 Å². The molecule has 0 unspecified atom stereocenters. The summed E-state index contributed by atoms with van der Waals surface area (Å²) < 4.78 is 0. The molecule has 1 aromatic carbocycles. The average molecular weight is 321 g/mol. The number of nitrogen functional groups attached to an aromatic ring is 1. The first-order valence-electron chi connectivity index (χ1n) is 7.98. The van der Waals surface area contributed by atoms with Gasteiger partial charge in [-0.05, 0) is 55.5 Å². The third kappa shape index (κ3) is 3.51. The number of aromatic nitrogens is 1. The van der Waals surface area contributed by atoms with Crippen molar-refractivity contribution in [3.63, 3.8) is 0 Å². The van der Waals surface area contributed by atoms with Crippen LogP contribution in [0.25, 0.3) is 0 Å². The van der Waals surface area contributed by atoms with Gasteiger partial charge in [-0.3, -0.25) is 0 Å². The summed E-state index contributed by atoms with van der Waals surface area (Å²) in [7, 11) is 0. The minimum absolute atomic E-state index is 0.0621. The van der Waals surface area contributed by atoms with Crippen molar-refractivity contribution in [3.05, 3.63) is 65.4 Å². The number of nitrogens with zero attached hydrogens (tertiary/aromatic N) is 2. The first-order valence-corrected chi connectivity index (χ1v) is 7.98. The number of hydrogen-bond donors (Lipinski definition) is 2. The summed E-state index contributed by atoms with van der Waals surface area (Å²) in [6, 6.07) is 12.8. The fraction of sp³-hybridized carbons (Fsp3) is 0.211. The third-order valence-electron chi connectivity index (χ3n) is 3.99. The molecular weight excluding hydrogens is 302 g/mol. The Kier molecular flexibility index (Phi) is 4.70. The van der Waals surface area contributed by atoms with Crippen LogP contribution in [-0.2, 0) is 0 Å². The molecule has 0 aliphatic heterocycles. The Hall–Kier alpha value is -2.95. The summed E-state index contributed by atoms with van der Waals surface area (Å²) in [5.74, 6) is -0.900. The van der Waals surface area contributed by atoms with E-state index in [-0.39, 0.29) is 11.5 Å². The summed E-state index contributed by atoms with van der Waals surface area (Å²) in [6.45, 7) is 0. The lowest BCUT2D eigenvalue weighted by Gasteiger charge is -2.17. The van der Waals surface area contributed by atoms with E-state index in [1.165, 1.54) is 12.5 Å². The summed E-state index contributed by atoms with van der Waals surface area (Å²) in [5.41, 5.74) is 9.41. The fourth-order valence-corrected chi connectivity index (χ4v) is 2.78. The third-order valence-corrected chi connectivity index (χ3v) is 3.99. The number of hydrogen-bond acceptors (Lipinski definition) is 4. The molecule has 0 saturated carbocycles. The van der Waals surface area contributed by atoms with E-state index >= 15 is 0 Å². The molecule has 0 spiro atoms. The van der Waals surface area contributed by atoms with Gasteiger partial charge in [0.15, 0.2) is 5.69 Å². The molecule has 2 aromatic rings. The van der Waals surface area contributed by atoms with Crippen LogP contribution in [0.5, 0.6) is 0 Å². The van der Waals surface area contributed by atoms with Gasteiger partial charge in [0.2, 0.25) is 0 Å². The van der Waals surface area contributed by atoms with Gasteiger partial charge < -0.3 is 10.8 Å². The number of carboxylic acid groups (broad SMARTS) is 1. The van der Waals surface area contributed by atoms with Crippen molar-refractivity contribution in [1.82, 2.24) is 4.98 Å². The molecule has 0 bridgehead atoms. The highest BCUT2D eigenvalue weighted by molar-refractivity contribution is 6.16. The number of pyridine rings is 1. The zero-order valence-corrected chi connectivity index (χ0v) is 13.3. The number of allylic oxidation sites excluding steroid dienone is 2. The number of aromatic carboxylic acids is 1. The van der Waals surface area contributed by atoms with Crippen LogP contribution < -0.4 is 5.73 Å². The molecule has 1 aliphatic carbocycles. The molecular formula is C19H19N3O2. The van der Waals surface area contributed by atoms with Crippen LogP contribution in [0.4, 0.5) is 11.5 Å². The van der Waals surface area contributed by atoms with Crippen LogP contribution in [0, 0.1) is 0 Å². The highest BCUT2D eigenvalue weighted by atomic mass is 16.4. The van der Waals surface area contributed by atoms with Gasteiger partial charge in [-0.2, -0.15) is 0 Å². The Balaban J connectivity index is 2.10. The van der Waals surface area contributed by atoms with E-state index in [1.54, 1.807) is 6.07 Å². The number of carbonyl (C=O) groups is 1. The van der Waals surface area contributed by atoms with E-state index < -0.39 is 5.97 Å². The number of nitrogens with two attached hydrogens (primary N) is 1. The minimum Gasteiger partial charge on any atom is -0.477 e. The van der Waals surface area contributed by atoms with E-state index in [1.807, 2.05) is 30.3 Å². The van der Waals surface area contributed by atoms with Gasteiger partial charge in [-0.25, -0.2) is 14.8 Å². The topological polar surface area (TPSA) is 88.6 Å². The van der Waals surface area contributed by atoms with E-state index in [2.05, 4.69) is 11.1 Å². The van der Waals surface area contributed by atoms with Crippen molar-refractivity contribution in [2.45, 2.75) is 25.7 Å². The molecule has 0 radical (unpaired) electrons. The second-order valence-corrected chi connectivity index (χ2v) is 5.71. The van der Waals surface area contributed by atoms with Gasteiger partial charge in [0.25, 0.3) is 0 Å². The monoisotopic (exact) mass is 321 g/mol. The first kappa shape index (κ1) is 15.9. The normalized spacial score (nSPS) is 15.0. The average Bonchev–Trinajstić information content (AvgIpc) is 2.61. The lowest BCUT2D eigenvalue weighted by molar-refractivity contribution is 0.0690. The molecule has 1 heterocycles. The van der Waals surface area contributed by atoms with Gasteiger partial charge in [0.05, 0.1) is 11.4 Å². The Labute approximate surface area is 140 Å². The standard InChI is InChI=1S/C19H19N3O2/c20-18-15(11-12-16(22-18)19(23)24)17(13-7-3-1-4-8-13)21-14-9-5-2-6-10-14/h2,5-7,9-12H,1,3-4,8H2,(H2,20,22)(H,23,24). The molecule has 0 amide bonds. The van der Waals surface area contributed by atoms with Crippen molar-refractivity contribution in [2.75, 3.05) is 5.73 Å². The van der Waals surface area contributed by atoms with Crippen molar-refractivity contribution in [3.8, 4) is 0 Å². The van der Waals surface area contributed by atoms with Gasteiger partial charge in [0.1, 0.15) is 5.82 Å². The predicted octanol–water partition coefficient (Wildman–Crippen LogP) is 3.98. The molecule has 24 heavy (non-hydrogen) atoms. The molecule has 0 fully saturated rings. The fourth-order valence-electron chi connectivity index (χ4n) is 2.78. The number of aliphatic imine (C=N–C) groups is 1. The maximum absolute atomic E-state index is 11.1. The van der Waals surface area contributed by atoms with Crippen LogP contribution in [-0.4, -0.2) is 21.8 Å². The maximum Gasteiger partial charge on any atom is 0.354 e. The number of para-hydroxylation sites is 1. The quantitative estimate of drug-likeness (QED) is 0.834. The smallest absolute Gasteiger partial charge is 0.354 e. The van der Waals surface area contributed by atoms with Crippen LogP contribution in [0.3, 0.4) is 0 Å². The summed E-state index contributed by atoms with van der Waals surface area (Å²) >= 11 is 0. The molecule has 5 nitrogen and oxygen atoms in total. The maximum atomic E-state index is 11.1. The first-order chi connectivity index (χ1) is 11.6. The molecule has 122 valence electrons. The van der Waals surface area contributed by atoms with Crippen LogP contribution >= 0.6 is 0 Å². The molecule has 0 atom stereocenters. The Morgan fingerprint density at radius 2 is 1.92 bits per heavy atom. The largest absolute Gasteiger partial charge is 0.477 e. The van der Waals surface area contributed by atoms with Gasteiger partial charge in [-0.1, -0.05) is 24.3 Å².